The quantitative estimate of drug-likeness (QED) is 0.876. The molecular formula is C14H23N3O2. The van der Waals surface area contributed by atoms with Gasteiger partial charge in [-0.2, -0.15) is 4.98 Å². The fourth-order valence-electron chi connectivity index (χ4n) is 3.29. The lowest BCUT2D eigenvalue weighted by Crippen LogP contribution is -2.16. The largest absolute Gasteiger partial charge is 0.392 e. The van der Waals surface area contributed by atoms with Gasteiger partial charge in [0.1, 0.15) is 0 Å². The van der Waals surface area contributed by atoms with Crippen molar-refractivity contribution in [3.05, 3.63) is 11.7 Å². The zero-order valence-electron chi connectivity index (χ0n) is 11.5. The summed E-state index contributed by atoms with van der Waals surface area (Å²) in [6.07, 6.45) is 6.59. The van der Waals surface area contributed by atoms with Gasteiger partial charge in [-0.3, -0.25) is 0 Å². The molecular weight excluding hydrogens is 242 g/mol. The first kappa shape index (κ1) is 13.1. The number of hydrogen-bond donors (Lipinski definition) is 2. The van der Waals surface area contributed by atoms with Gasteiger partial charge in [0.15, 0.2) is 5.82 Å². The minimum absolute atomic E-state index is 0.0308. The predicted molar refractivity (Wildman–Crippen MR) is 70.7 cm³/mol. The normalized spacial score (nSPS) is 35.7. The van der Waals surface area contributed by atoms with Crippen LogP contribution >= 0.6 is 0 Å². The van der Waals surface area contributed by atoms with E-state index in [2.05, 4.69) is 22.4 Å². The maximum absolute atomic E-state index is 9.52. The Morgan fingerprint density at radius 3 is 2.74 bits per heavy atom. The molecule has 2 aliphatic rings. The molecule has 2 heterocycles. The molecule has 0 radical (unpaired) electrons. The third-order valence-corrected chi connectivity index (χ3v) is 4.65. The topological polar surface area (TPSA) is 71.2 Å². The third-order valence-electron chi connectivity index (χ3n) is 4.65. The molecule has 1 saturated carbocycles. The number of nitrogens with one attached hydrogen (secondary N) is 1. The van der Waals surface area contributed by atoms with E-state index in [0.29, 0.717) is 24.8 Å². The summed E-state index contributed by atoms with van der Waals surface area (Å²) in [7, 11) is 0. The predicted octanol–water partition coefficient (Wildman–Crippen LogP) is 2.15. The molecule has 106 valence electrons. The summed E-state index contributed by atoms with van der Waals surface area (Å²) in [6, 6.07) is 0.0308. The second-order valence-electron chi connectivity index (χ2n) is 5.97. The molecule has 2 fully saturated rings. The monoisotopic (exact) mass is 265 g/mol. The molecule has 19 heavy (non-hydrogen) atoms. The number of hydrogen-bond acceptors (Lipinski definition) is 5. The highest BCUT2D eigenvalue weighted by atomic mass is 16.5. The van der Waals surface area contributed by atoms with E-state index >= 15 is 0 Å². The van der Waals surface area contributed by atoms with Crippen LogP contribution in [0.1, 0.15) is 69.1 Å². The summed E-state index contributed by atoms with van der Waals surface area (Å²) < 4.78 is 5.37. The maximum atomic E-state index is 9.52. The lowest BCUT2D eigenvalue weighted by molar-refractivity contribution is 0.191. The van der Waals surface area contributed by atoms with Crippen molar-refractivity contribution in [3.8, 4) is 0 Å². The van der Waals surface area contributed by atoms with E-state index in [1.165, 1.54) is 32.1 Å². The summed E-state index contributed by atoms with van der Waals surface area (Å²) >= 11 is 0. The lowest BCUT2D eigenvalue weighted by Gasteiger charge is -2.25. The molecule has 0 amide bonds. The number of nitrogens with zero attached hydrogens (tertiary/aromatic N) is 2. The molecule has 3 rings (SSSR count). The number of rotatable bonds is 3. The van der Waals surface area contributed by atoms with Crippen molar-refractivity contribution in [3.63, 3.8) is 0 Å². The van der Waals surface area contributed by atoms with Crippen molar-refractivity contribution in [2.24, 2.45) is 5.92 Å². The van der Waals surface area contributed by atoms with Crippen molar-refractivity contribution in [1.29, 1.82) is 0 Å². The Labute approximate surface area is 113 Å². The number of aliphatic hydroxyl groups is 1. The van der Waals surface area contributed by atoms with Crippen LogP contribution in [0.3, 0.4) is 0 Å². The van der Waals surface area contributed by atoms with E-state index in [4.69, 9.17) is 4.52 Å². The van der Waals surface area contributed by atoms with Gasteiger partial charge >= 0.3 is 0 Å². The Bertz CT molecular complexity index is 413. The fourth-order valence-corrected chi connectivity index (χ4v) is 3.29. The van der Waals surface area contributed by atoms with Crippen LogP contribution in [-0.2, 0) is 0 Å². The number of aromatic nitrogens is 2. The van der Waals surface area contributed by atoms with Crippen LogP contribution in [-0.4, -0.2) is 27.9 Å². The second-order valence-corrected chi connectivity index (χ2v) is 5.97. The molecule has 1 aliphatic carbocycles. The Balaban J connectivity index is 1.62. The average molecular weight is 265 g/mol. The summed E-state index contributed by atoms with van der Waals surface area (Å²) in [5.41, 5.74) is 0. The van der Waals surface area contributed by atoms with Gasteiger partial charge in [0.25, 0.3) is 0 Å². The molecule has 1 aromatic rings. The average Bonchev–Trinajstić information content (AvgIpc) is 3.07. The highest BCUT2D eigenvalue weighted by Gasteiger charge is 2.30. The van der Waals surface area contributed by atoms with Crippen molar-refractivity contribution in [2.45, 2.75) is 63.5 Å². The van der Waals surface area contributed by atoms with Crippen LogP contribution in [0.5, 0.6) is 0 Å². The minimum Gasteiger partial charge on any atom is -0.392 e. The van der Waals surface area contributed by atoms with E-state index in [9.17, 15) is 5.11 Å². The first-order chi connectivity index (χ1) is 9.26. The first-order valence-electron chi connectivity index (χ1n) is 7.51. The van der Waals surface area contributed by atoms with Gasteiger partial charge in [-0.25, -0.2) is 0 Å². The standard InChI is InChI=1S/C14H23N3O2/c1-2-9-3-5-10(6-4-9)13-16-14(19-17-13)12-7-11(18)8-15-12/h9-12,15,18H,2-8H2,1H3/t9?,10?,11-,12-/m1/s1. The Hall–Kier alpha value is -0.940. The minimum atomic E-state index is -0.291. The molecule has 1 aromatic heterocycles. The summed E-state index contributed by atoms with van der Waals surface area (Å²) in [4.78, 5) is 4.55. The molecule has 1 saturated heterocycles. The van der Waals surface area contributed by atoms with Crippen LogP contribution < -0.4 is 5.32 Å². The van der Waals surface area contributed by atoms with Gasteiger partial charge in [-0.05, 0) is 38.0 Å². The molecule has 0 unspecified atom stereocenters. The van der Waals surface area contributed by atoms with E-state index in [1.54, 1.807) is 0 Å². The summed E-state index contributed by atoms with van der Waals surface area (Å²) in [5.74, 6) is 2.86. The number of aliphatic hydroxyl groups excluding tert-OH is 1. The van der Waals surface area contributed by atoms with Gasteiger partial charge in [-0.1, -0.05) is 18.5 Å². The molecule has 5 nitrogen and oxygen atoms in total. The lowest BCUT2D eigenvalue weighted by atomic mass is 9.80. The second kappa shape index (κ2) is 5.59. The van der Waals surface area contributed by atoms with Crippen molar-refractivity contribution < 1.29 is 9.63 Å². The smallest absolute Gasteiger partial charge is 0.243 e. The summed E-state index contributed by atoms with van der Waals surface area (Å²) in [6.45, 7) is 2.89. The highest BCUT2D eigenvalue weighted by molar-refractivity contribution is 5.02. The van der Waals surface area contributed by atoms with E-state index in [-0.39, 0.29) is 12.1 Å². The summed E-state index contributed by atoms with van der Waals surface area (Å²) in [5, 5.41) is 16.9. The molecule has 1 aliphatic heterocycles. The van der Waals surface area contributed by atoms with Crippen LogP contribution in [0, 0.1) is 5.92 Å². The molecule has 0 bridgehead atoms. The van der Waals surface area contributed by atoms with Crippen LogP contribution in [0.15, 0.2) is 4.52 Å². The maximum Gasteiger partial charge on any atom is 0.243 e. The first-order valence-corrected chi connectivity index (χ1v) is 7.51. The highest BCUT2D eigenvalue weighted by Crippen LogP contribution is 2.36. The van der Waals surface area contributed by atoms with Gasteiger partial charge in [-0.15, -0.1) is 0 Å². The Kier molecular flexibility index (Phi) is 3.84. The van der Waals surface area contributed by atoms with Crippen LogP contribution in [0.4, 0.5) is 0 Å². The van der Waals surface area contributed by atoms with Gasteiger partial charge in [0.2, 0.25) is 5.89 Å². The van der Waals surface area contributed by atoms with E-state index in [1.807, 2.05) is 0 Å². The Morgan fingerprint density at radius 2 is 2.11 bits per heavy atom. The molecule has 5 heteroatoms. The van der Waals surface area contributed by atoms with Crippen molar-refractivity contribution in [1.82, 2.24) is 15.5 Å². The third kappa shape index (κ3) is 2.82. The van der Waals surface area contributed by atoms with Gasteiger partial charge in [0, 0.05) is 12.5 Å². The van der Waals surface area contributed by atoms with Crippen LogP contribution in [0.25, 0.3) is 0 Å². The zero-order valence-corrected chi connectivity index (χ0v) is 11.5. The SMILES string of the molecule is CCC1CCC(c2noc([C@H]3C[C@@H](O)CN3)n2)CC1. The molecule has 0 spiro atoms. The Morgan fingerprint density at radius 1 is 1.32 bits per heavy atom. The van der Waals surface area contributed by atoms with Crippen LogP contribution in [0.2, 0.25) is 0 Å². The number of β-amino-alcohol motifs (C(OH)–C–C–N with tert-alkyl or cyclic N) is 1. The van der Waals surface area contributed by atoms with Crippen molar-refractivity contribution in [2.75, 3.05) is 6.54 Å². The molecule has 0 aromatic carbocycles. The van der Waals surface area contributed by atoms with E-state index in [0.717, 1.165) is 11.7 Å². The zero-order chi connectivity index (χ0) is 13.2. The molecule has 2 atom stereocenters. The van der Waals surface area contributed by atoms with E-state index < -0.39 is 0 Å². The van der Waals surface area contributed by atoms with Gasteiger partial charge in [0.05, 0.1) is 12.1 Å². The fraction of sp³-hybridized carbons (Fsp3) is 0.857. The van der Waals surface area contributed by atoms with Gasteiger partial charge < -0.3 is 14.9 Å². The van der Waals surface area contributed by atoms with Crippen molar-refractivity contribution >= 4 is 0 Å². The molecule has 2 N–H and O–H groups in total.